The first kappa shape index (κ1) is 13.8. The molecule has 1 unspecified atom stereocenters. The van der Waals surface area contributed by atoms with Gasteiger partial charge in [-0.3, -0.25) is 4.90 Å². The maximum absolute atomic E-state index is 3.47. The van der Waals surface area contributed by atoms with Gasteiger partial charge in [0.15, 0.2) is 0 Å². The highest BCUT2D eigenvalue weighted by molar-refractivity contribution is 9.10. The number of nitrogens with one attached hydrogen (secondary N) is 1. The van der Waals surface area contributed by atoms with Crippen LogP contribution in [0.5, 0.6) is 0 Å². The minimum Gasteiger partial charge on any atom is -0.384 e. The molecule has 0 bridgehead atoms. The van der Waals surface area contributed by atoms with Gasteiger partial charge in [0.2, 0.25) is 0 Å². The molecule has 1 aliphatic heterocycles. The minimum absolute atomic E-state index is 0.734. The molecule has 1 heterocycles. The first-order valence-electron chi connectivity index (χ1n) is 6.53. The Bertz CT molecular complexity index is 364. The summed E-state index contributed by atoms with van der Waals surface area (Å²) < 4.78 is 1.13. The molecule has 4 heteroatoms. The second-order valence-corrected chi connectivity index (χ2v) is 6.06. The molecule has 1 saturated heterocycles. The van der Waals surface area contributed by atoms with Crippen molar-refractivity contribution in [3.8, 4) is 0 Å². The highest BCUT2D eigenvalue weighted by Gasteiger charge is 2.22. The topological polar surface area (TPSA) is 18.5 Å². The summed E-state index contributed by atoms with van der Waals surface area (Å²) in [7, 11) is 4.35. The maximum Gasteiger partial charge on any atom is 0.0341 e. The summed E-state index contributed by atoms with van der Waals surface area (Å²) in [6.45, 7) is 4.57. The van der Waals surface area contributed by atoms with E-state index in [1.807, 2.05) is 0 Å². The van der Waals surface area contributed by atoms with Gasteiger partial charge in [-0.2, -0.15) is 0 Å². The Morgan fingerprint density at radius 2 is 2.06 bits per heavy atom. The van der Waals surface area contributed by atoms with Gasteiger partial charge in [-0.1, -0.05) is 15.9 Å². The zero-order valence-electron chi connectivity index (χ0n) is 11.2. The standard InChI is InChI=1S/C14H22BrN3/c1-17(2)14-7-9-18(11-14)10-8-16-13-5-3-12(15)4-6-13/h3-6,14,16H,7-11H2,1-2H3. The van der Waals surface area contributed by atoms with Gasteiger partial charge < -0.3 is 10.2 Å². The Morgan fingerprint density at radius 3 is 2.67 bits per heavy atom. The lowest BCUT2D eigenvalue weighted by Crippen LogP contribution is -2.33. The largest absolute Gasteiger partial charge is 0.384 e. The van der Waals surface area contributed by atoms with E-state index in [2.05, 4.69) is 69.4 Å². The van der Waals surface area contributed by atoms with Gasteiger partial charge in [-0.15, -0.1) is 0 Å². The average Bonchev–Trinajstić information content (AvgIpc) is 2.81. The monoisotopic (exact) mass is 311 g/mol. The lowest BCUT2D eigenvalue weighted by molar-refractivity contribution is 0.273. The summed E-state index contributed by atoms with van der Waals surface area (Å²) in [6, 6.07) is 9.09. The van der Waals surface area contributed by atoms with E-state index in [0.29, 0.717) is 0 Å². The first-order valence-corrected chi connectivity index (χ1v) is 7.32. The molecule has 1 aromatic carbocycles. The van der Waals surface area contributed by atoms with E-state index < -0.39 is 0 Å². The SMILES string of the molecule is CN(C)C1CCN(CCNc2ccc(Br)cc2)C1. The fourth-order valence-electron chi connectivity index (χ4n) is 2.36. The number of likely N-dealkylation sites (tertiary alicyclic amines) is 1. The van der Waals surface area contributed by atoms with Gasteiger partial charge >= 0.3 is 0 Å². The van der Waals surface area contributed by atoms with Gasteiger partial charge in [0.25, 0.3) is 0 Å². The van der Waals surface area contributed by atoms with E-state index in [1.54, 1.807) is 0 Å². The van der Waals surface area contributed by atoms with Crippen molar-refractivity contribution in [1.29, 1.82) is 0 Å². The third-order valence-electron chi connectivity index (χ3n) is 3.58. The Balaban J connectivity index is 1.68. The molecule has 0 saturated carbocycles. The van der Waals surface area contributed by atoms with Crippen molar-refractivity contribution in [1.82, 2.24) is 9.80 Å². The molecule has 1 N–H and O–H groups in total. The molecule has 1 aliphatic rings. The number of anilines is 1. The molecular formula is C14H22BrN3. The Labute approximate surface area is 118 Å². The summed E-state index contributed by atoms with van der Waals surface area (Å²) in [4.78, 5) is 4.87. The highest BCUT2D eigenvalue weighted by atomic mass is 79.9. The van der Waals surface area contributed by atoms with E-state index in [9.17, 15) is 0 Å². The highest BCUT2D eigenvalue weighted by Crippen LogP contribution is 2.15. The predicted molar refractivity (Wildman–Crippen MR) is 81.2 cm³/mol. The third kappa shape index (κ3) is 3.97. The van der Waals surface area contributed by atoms with Crippen molar-refractivity contribution in [2.45, 2.75) is 12.5 Å². The Kier molecular flexibility index (Phi) is 5.03. The average molecular weight is 312 g/mol. The van der Waals surface area contributed by atoms with Crippen molar-refractivity contribution >= 4 is 21.6 Å². The zero-order valence-corrected chi connectivity index (χ0v) is 12.8. The number of rotatable bonds is 5. The van der Waals surface area contributed by atoms with Crippen molar-refractivity contribution in [3.63, 3.8) is 0 Å². The molecular weight excluding hydrogens is 290 g/mol. The first-order chi connectivity index (χ1) is 8.65. The number of hydrogen-bond acceptors (Lipinski definition) is 3. The normalized spacial score (nSPS) is 20.6. The van der Waals surface area contributed by atoms with Crippen molar-refractivity contribution < 1.29 is 0 Å². The van der Waals surface area contributed by atoms with Crippen LogP contribution in [0.4, 0.5) is 5.69 Å². The zero-order chi connectivity index (χ0) is 13.0. The quantitative estimate of drug-likeness (QED) is 0.901. The van der Waals surface area contributed by atoms with Crippen molar-refractivity contribution in [2.75, 3.05) is 45.6 Å². The summed E-state index contributed by atoms with van der Waals surface area (Å²) in [5, 5.41) is 3.47. The lowest BCUT2D eigenvalue weighted by Gasteiger charge is -2.20. The number of hydrogen-bond donors (Lipinski definition) is 1. The van der Waals surface area contributed by atoms with Crippen LogP contribution in [-0.2, 0) is 0 Å². The summed E-state index contributed by atoms with van der Waals surface area (Å²) in [5.74, 6) is 0. The van der Waals surface area contributed by atoms with Crippen LogP contribution in [0.2, 0.25) is 0 Å². The molecule has 2 rings (SSSR count). The Morgan fingerprint density at radius 1 is 1.33 bits per heavy atom. The van der Waals surface area contributed by atoms with Crippen LogP contribution < -0.4 is 5.32 Å². The summed E-state index contributed by atoms with van der Waals surface area (Å²) in [5.41, 5.74) is 1.20. The number of halogens is 1. The number of likely N-dealkylation sites (N-methyl/N-ethyl adjacent to an activating group) is 1. The van der Waals surface area contributed by atoms with Crippen LogP contribution in [0.25, 0.3) is 0 Å². The van der Waals surface area contributed by atoms with Crippen molar-refractivity contribution in [2.24, 2.45) is 0 Å². The van der Waals surface area contributed by atoms with Gasteiger partial charge in [0.1, 0.15) is 0 Å². The van der Waals surface area contributed by atoms with Crippen LogP contribution in [0.1, 0.15) is 6.42 Å². The van der Waals surface area contributed by atoms with Gasteiger partial charge in [-0.25, -0.2) is 0 Å². The molecule has 0 amide bonds. The molecule has 1 fully saturated rings. The van der Waals surface area contributed by atoms with E-state index >= 15 is 0 Å². The van der Waals surface area contributed by atoms with Crippen molar-refractivity contribution in [3.05, 3.63) is 28.7 Å². The second kappa shape index (κ2) is 6.55. The van der Waals surface area contributed by atoms with Gasteiger partial charge in [-0.05, 0) is 51.3 Å². The molecule has 100 valence electrons. The van der Waals surface area contributed by atoms with E-state index in [1.165, 1.54) is 25.2 Å². The van der Waals surface area contributed by atoms with Crippen LogP contribution in [-0.4, -0.2) is 56.1 Å². The summed E-state index contributed by atoms with van der Waals surface area (Å²) >= 11 is 3.45. The van der Waals surface area contributed by atoms with Crippen LogP contribution in [0, 0.1) is 0 Å². The molecule has 0 spiro atoms. The fourth-order valence-corrected chi connectivity index (χ4v) is 2.63. The molecule has 1 aromatic rings. The fraction of sp³-hybridized carbons (Fsp3) is 0.571. The van der Waals surface area contributed by atoms with Gasteiger partial charge in [0.05, 0.1) is 0 Å². The maximum atomic E-state index is 3.47. The van der Waals surface area contributed by atoms with E-state index in [4.69, 9.17) is 0 Å². The molecule has 1 atom stereocenters. The smallest absolute Gasteiger partial charge is 0.0341 e. The van der Waals surface area contributed by atoms with Crippen LogP contribution in [0.3, 0.4) is 0 Å². The third-order valence-corrected chi connectivity index (χ3v) is 4.11. The lowest BCUT2D eigenvalue weighted by atomic mass is 10.2. The summed E-state index contributed by atoms with van der Waals surface area (Å²) in [6.07, 6.45) is 1.30. The second-order valence-electron chi connectivity index (χ2n) is 5.14. The Hall–Kier alpha value is -0.580. The predicted octanol–water partition coefficient (Wildman–Crippen LogP) is 2.50. The number of nitrogens with zero attached hydrogens (tertiary/aromatic N) is 2. The molecule has 0 aromatic heterocycles. The van der Waals surface area contributed by atoms with Crippen LogP contribution >= 0.6 is 15.9 Å². The number of benzene rings is 1. The molecule has 0 radical (unpaired) electrons. The van der Waals surface area contributed by atoms with Crippen LogP contribution in [0.15, 0.2) is 28.7 Å². The van der Waals surface area contributed by atoms with E-state index in [-0.39, 0.29) is 0 Å². The molecule has 0 aliphatic carbocycles. The minimum atomic E-state index is 0.734. The van der Waals surface area contributed by atoms with Gasteiger partial charge in [0, 0.05) is 35.8 Å². The molecule has 3 nitrogen and oxygen atoms in total. The van der Waals surface area contributed by atoms with E-state index in [0.717, 1.165) is 23.6 Å². The molecule has 18 heavy (non-hydrogen) atoms.